The number of alkyl carbamates (subject to hydrolysis) is 1. The molecule has 39 heavy (non-hydrogen) atoms. The van der Waals surface area contributed by atoms with Gasteiger partial charge in [0.1, 0.15) is 12.6 Å². The first kappa shape index (κ1) is 29.5. The first-order chi connectivity index (χ1) is 18.7. The maximum atomic E-state index is 15.1. The average molecular weight is 537 g/mol. The number of hydrogen-bond donors (Lipinski definition) is 2. The molecule has 0 aromatic heterocycles. The second-order valence-electron chi connectivity index (χ2n) is 9.73. The number of Topliss-reactive ketones (excluding diaryl/α,β-unsaturated/α-hetero) is 1. The van der Waals surface area contributed by atoms with E-state index in [2.05, 4.69) is 10.6 Å². The zero-order valence-corrected chi connectivity index (χ0v) is 22.1. The van der Waals surface area contributed by atoms with Gasteiger partial charge in [0.05, 0.1) is 6.04 Å². The number of hydrogen-bond acceptors (Lipinski definition) is 4. The van der Waals surface area contributed by atoms with E-state index in [0.29, 0.717) is 11.1 Å². The molecule has 0 radical (unpaired) electrons. The van der Waals surface area contributed by atoms with Gasteiger partial charge in [-0.25, -0.2) is 4.79 Å². The highest BCUT2D eigenvalue weighted by atomic mass is 19.3. The lowest BCUT2D eigenvalue weighted by Gasteiger charge is -2.27. The lowest BCUT2D eigenvalue weighted by Crippen LogP contribution is -2.56. The third-order valence-electron chi connectivity index (χ3n) is 6.28. The number of nitrogens with one attached hydrogen (secondary N) is 2. The van der Waals surface area contributed by atoms with Crippen molar-refractivity contribution in [3.8, 4) is 0 Å². The summed E-state index contributed by atoms with van der Waals surface area (Å²) in [6, 6.07) is 23.8. The van der Waals surface area contributed by atoms with Crippen LogP contribution in [0.2, 0.25) is 0 Å². The van der Waals surface area contributed by atoms with Crippen molar-refractivity contribution in [2.24, 2.45) is 5.92 Å². The molecule has 3 rings (SSSR count). The van der Waals surface area contributed by atoms with Crippen LogP contribution < -0.4 is 10.6 Å². The van der Waals surface area contributed by atoms with Crippen LogP contribution in [-0.4, -0.2) is 35.8 Å². The molecule has 0 aliphatic heterocycles. The summed E-state index contributed by atoms with van der Waals surface area (Å²) in [5, 5.41) is 5.00. The Bertz CT molecular complexity index is 1210. The highest BCUT2D eigenvalue weighted by Gasteiger charge is 2.43. The van der Waals surface area contributed by atoms with Crippen LogP contribution in [0.5, 0.6) is 0 Å². The molecule has 3 aromatic carbocycles. The summed E-state index contributed by atoms with van der Waals surface area (Å²) in [5.74, 6) is -6.18. The van der Waals surface area contributed by atoms with Crippen LogP contribution in [0.3, 0.4) is 0 Å². The van der Waals surface area contributed by atoms with Crippen LogP contribution in [0.1, 0.15) is 37.0 Å². The molecule has 8 heteroatoms. The smallest absolute Gasteiger partial charge is 0.408 e. The van der Waals surface area contributed by atoms with Gasteiger partial charge in [-0.2, -0.15) is 8.78 Å². The van der Waals surface area contributed by atoms with E-state index in [0.717, 1.165) is 5.56 Å². The Morgan fingerprint density at radius 1 is 0.769 bits per heavy atom. The van der Waals surface area contributed by atoms with Crippen LogP contribution in [0.25, 0.3) is 0 Å². The zero-order chi connectivity index (χ0) is 28.3. The maximum Gasteiger partial charge on any atom is 0.408 e. The number of amides is 2. The average Bonchev–Trinajstić information content (AvgIpc) is 2.94. The van der Waals surface area contributed by atoms with Crippen LogP contribution in [-0.2, 0) is 33.8 Å². The summed E-state index contributed by atoms with van der Waals surface area (Å²) >= 11 is 0. The Balaban J connectivity index is 1.71. The van der Waals surface area contributed by atoms with Crippen molar-refractivity contribution < 1.29 is 27.9 Å². The van der Waals surface area contributed by atoms with Gasteiger partial charge in [-0.3, -0.25) is 9.59 Å². The minimum atomic E-state index is -3.67. The molecule has 0 spiro atoms. The van der Waals surface area contributed by atoms with Crippen LogP contribution in [0, 0.1) is 5.92 Å². The first-order valence-electron chi connectivity index (χ1n) is 12.9. The molecule has 0 aliphatic rings. The van der Waals surface area contributed by atoms with Crippen molar-refractivity contribution in [2.45, 2.75) is 57.7 Å². The first-order valence-corrected chi connectivity index (χ1v) is 12.9. The van der Waals surface area contributed by atoms with Crippen molar-refractivity contribution in [2.75, 3.05) is 0 Å². The molecule has 0 saturated carbocycles. The topological polar surface area (TPSA) is 84.5 Å². The second kappa shape index (κ2) is 14.2. The van der Waals surface area contributed by atoms with Crippen LogP contribution in [0.4, 0.5) is 13.6 Å². The van der Waals surface area contributed by atoms with E-state index in [9.17, 15) is 14.4 Å². The molecule has 2 amide bonds. The summed E-state index contributed by atoms with van der Waals surface area (Å²) in [7, 11) is 0. The number of aryl methyl sites for hydroxylation is 1. The highest BCUT2D eigenvalue weighted by Crippen LogP contribution is 2.25. The molecular formula is C31H34F2N2O4. The summed E-state index contributed by atoms with van der Waals surface area (Å²) < 4.78 is 35.5. The number of rotatable bonds is 13. The molecule has 0 saturated heterocycles. The molecule has 0 heterocycles. The van der Waals surface area contributed by atoms with Gasteiger partial charge in [0.2, 0.25) is 11.7 Å². The molecule has 0 unspecified atom stereocenters. The number of alkyl halides is 2. The van der Waals surface area contributed by atoms with Crippen molar-refractivity contribution in [1.29, 1.82) is 0 Å². The molecule has 0 fully saturated rings. The van der Waals surface area contributed by atoms with E-state index in [1.54, 1.807) is 98.8 Å². The second-order valence-corrected chi connectivity index (χ2v) is 9.73. The quantitative estimate of drug-likeness (QED) is 0.302. The Kier molecular flexibility index (Phi) is 10.7. The Labute approximate surface area is 227 Å². The SMILES string of the molecule is CC(C)[C@H](NC(=O)OCc1ccccc1)C(=O)N[C@@H](Cc1ccccc1)C(=O)C(F)(F)CCc1ccccc1. The van der Waals surface area contributed by atoms with Gasteiger partial charge in [0.15, 0.2) is 0 Å². The third-order valence-corrected chi connectivity index (χ3v) is 6.28. The number of halogens is 2. The standard InChI is InChI=1S/C31H34F2N2O4/c1-22(2)27(35-30(38)39-21-25-16-10-5-11-17-25)29(37)34-26(20-24-14-8-4-9-15-24)28(36)31(32,33)19-18-23-12-6-3-7-13-23/h3-17,22,26-27H,18-21H2,1-2H3,(H,34,37)(H,35,38)/t26-,27-/m0/s1. The molecule has 0 aliphatic carbocycles. The number of ether oxygens (including phenoxy) is 1. The molecular weight excluding hydrogens is 502 g/mol. The predicted octanol–water partition coefficient (Wildman–Crippen LogP) is 5.50. The lowest BCUT2D eigenvalue weighted by atomic mass is 9.94. The molecule has 0 bridgehead atoms. The Hall–Kier alpha value is -4.07. The summed E-state index contributed by atoms with van der Waals surface area (Å²) in [5.41, 5.74) is 2.07. The number of carbonyl (C=O) groups excluding carboxylic acids is 3. The van der Waals surface area contributed by atoms with Gasteiger partial charge in [0.25, 0.3) is 0 Å². The van der Waals surface area contributed by atoms with Crippen LogP contribution in [0.15, 0.2) is 91.0 Å². The van der Waals surface area contributed by atoms with E-state index in [1.165, 1.54) is 0 Å². The normalized spacial score (nSPS) is 12.8. The van der Waals surface area contributed by atoms with Crippen molar-refractivity contribution in [3.63, 3.8) is 0 Å². The lowest BCUT2D eigenvalue weighted by molar-refractivity contribution is -0.148. The van der Waals surface area contributed by atoms with Crippen molar-refractivity contribution in [3.05, 3.63) is 108 Å². The predicted molar refractivity (Wildman–Crippen MR) is 145 cm³/mol. The zero-order valence-electron chi connectivity index (χ0n) is 22.1. The van der Waals surface area contributed by atoms with Crippen molar-refractivity contribution in [1.82, 2.24) is 10.6 Å². The number of ketones is 1. The maximum absolute atomic E-state index is 15.1. The largest absolute Gasteiger partial charge is 0.445 e. The van der Waals surface area contributed by atoms with Gasteiger partial charge in [-0.1, -0.05) is 105 Å². The van der Waals surface area contributed by atoms with E-state index in [4.69, 9.17) is 4.74 Å². The van der Waals surface area contributed by atoms with Gasteiger partial charge in [-0.15, -0.1) is 0 Å². The summed E-state index contributed by atoms with van der Waals surface area (Å²) in [6.45, 7) is 3.40. The molecule has 3 aromatic rings. The fourth-order valence-corrected chi connectivity index (χ4v) is 4.07. The highest BCUT2D eigenvalue weighted by molar-refractivity contribution is 5.95. The summed E-state index contributed by atoms with van der Waals surface area (Å²) in [6.07, 6.45) is -1.62. The van der Waals surface area contributed by atoms with E-state index in [-0.39, 0.29) is 19.4 Å². The van der Waals surface area contributed by atoms with Gasteiger partial charge < -0.3 is 15.4 Å². The fraction of sp³-hybridized carbons (Fsp3) is 0.323. The molecule has 6 nitrogen and oxygen atoms in total. The fourth-order valence-electron chi connectivity index (χ4n) is 4.07. The number of benzene rings is 3. The Morgan fingerprint density at radius 3 is 1.82 bits per heavy atom. The van der Waals surface area contributed by atoms with Crippen LogP contribution >= 0.6 is 0 Å². The molecule has 206 valence electrons. The van der Waals surface area contributed by atoms with Crippen molar-refractivity contribution >= 4 is 17.8 Å². The van der Waals surface area contributed by atoms with E-state index < -0.39 is 48.1 Å². The van der Waals surface area contributed by atoms with E-state index >= 15 is 8.78 Å². The number of carbonyl (C=O) groups is 3. The minimum absolute atomic E-state index is 0.00185. The third kappa shape index (κ3) is 9.32. The van der Waals surface area contributed by atoms with E-state index in [1.807, 2.05) is 6.07 Å². The van der Waals surface area contributed by atoms with Gasteiger partial charge >= 0.3 is 12.0 Å². The minimum Gasteiger partial charge on any atom is -0.445 e. The Morgan fingerprint density at radius 2 is 1.28 bits per heavy atom. The monoisotopic (exact) mass is 536 g/mol. The summed E-state index contributed by atoms with van der Waals surface area (Å²) in [4.78, 5) is 38.8. The van der Waals surface area contributed by atoms with Gasteiger partial charge in [-0.05, 0) is 35.4 Å². The molecule has 2 N–H and O–H groups in total. The molecule has 2 atom stereocenters. The van der Waals surface area contributed by atoms with Gasteiger partial charge in [0, 0.05) is 6.42 Å².